The normalized spacial score (nSPS) is 15.6. The van der Waals surface area contributed by atoms with Crippen LogP contribution in [0.2, 0.25) is 0 Å². The topological polar surface area (TPSA) is 20.2 Å². The molecule has 1 N–H and O–H groups in total. The fourth-order valence-corrected chi connectivity index (χ4v) is 3.64. The Balaban J connectivity index is 2.01. The zero-order chi connectivity index (χ0) is 14.4. The zero-order valence-corrected chi connectivity index (χ0v) is 12.8. The summed E-state index contributed by atoms with van der Waals surface area (Å²) in [5.74, 6) is 0. The van der Waals surface area contributed by atoms with Crippen molar-refractivity contribution in [1.29, 1.82) is 0 Å². The van der Waals surface area contributed by atoms with Crippen LogP contribution in [0.1, 0.15) is 17.2 Å². The van der Waals surface area contributed by atoms with Crippen molar-refractivity contribution in [3.05, 3.63) is 82.3 Å². The minimum Gasteiger partial charge on any atom is -0.384 e. The first kappa shape index (κ1) is 12.8. The Kier molecular flexibility index (Phi) is 2.95. The lowest BCUT2D eigenvalue weighted by Gasteiger charge is -2.13. The molecule has 4 rings (SSSR count). The van der Waals surface area contributed by atoms with Crippen molar-refractivity contribution in [2.75, 3.05) is 0 Å². The number of hydrogen-bond donors (Lipinski definition) is 1. The summed E-state index contributed by atoms with van der Waals surface area (Å²) in [6, 6.07) is 22.4. The lowest BCUT2D eigenvalue weighted by molar-refractivity contribution is 0.226. The zero-order valence-electron chi connectivity index (χ0n) is 11.3. The molecule has 0 saturated heterocycles. The standard InChI is InChI=1S/C19H13BrO/c20-17-11-4-3-7-13(17)15-10-5-9-14-12-6-1-2-8-16(12)19(21)18(14)15/h1-11,19,21H. The predicted molar refractivity (Wildman–Crippen MR) is 89.1 cm³/mol. The molecule has 0 aliphatic heterocycles. The molecule has 3 aromatic rings. The minimum atomic E-state index is -0.556. The first-order valence-electron chi connectivity index (χ1n) is 6.92. The predicted octanol–water partition coefficient (Wildman–Crippen LogP) is 5.18. The molecule has 0 fully saturated rings. The van der Waals surface area contributed by atoms with Gasteiger partial charge in [0.25, 0.3) is 0 Å². The fraction of sp³-hybridized carbons (Fsp3) is 0.0526. The van der Waals surface area contributed by atoms with Crippen LogP contribution in [0.5, 0.6) is 0 Å². The van der Waals surface area contributed by atoms with Gasteiger partial charge in [-0.3, -0.25) is 0 Å². The molecular weight excluding hydrogens is 324 g/mol. The molecule has 0 saturated carbocycles. The van der Waals surface area contributed by atoms with Gasteiger partial charge < -0.3 is 5.11 Å². The van der Waals surface area contributed by atoms with Crippen LogP contribution in [0, 0.1) is 0 Å². The molecule has 0 spiro atoms. The van der Waals surface area contributed by atoms with Crippen molar-refractivity contribution in [2.24, 2.45) is 0 Å². The van der Waals surface area contributed by atoms with Crippen LogP contribution >= 0.6 is 15.9 Å². The highest BCUT2D eigenvalue weighted by molar-refractivity contribution is 9.10. The number of aliphatic hydroxyl groups is 1. The SMILES string of the molecule is OC1c2ccccc2-c2cccc(-c3ccccc3Br)c21. The highest BCUT2D eigenvalue weighted by Crippen LogP contribution is 2.48. The highest BCUT2D eigenvalue weighted by Gasteiger charge is 2.29. The van der Waals surface area contributed by atoms with Crippen molar-refractivity contribution >= 4 is 15.9 Å². The molecule has 0 amide bonds. The quantitative estimate of drug-likeness (QED) is 0.649. The first-order valence-corrected chi connectivity index (χ1v) is 7.72. The lowest BCUT2D eigenvalue weighted by atomic mass is 9.95. The summed E-state index contributed by atoms with van der Waals surface area (Å²) < 4.78 is 1.04. The van der Waals surface area contributed by atoms with Gasteiger partial charge in [0.2, 0.25) is 0 Å². The van der Waals surface area contributed by atoms with Crippen LogP contribution < -0.4 is 0 Å². The smallest absolute Gasteiger partial charge is 0.106 e. The van der Waals surface area contributed by atoms with Gasteiger partial charge in [-0.2, -0.15) is 0 Å². The third kappa shape index (κ3) is 1.87. The van der Waals surface area contributed by atoms with Crippen LogP contribution in [0.4, 0.5) is 0 Å². The van der Waals surface area contributed by atoms with Crippen molar-refractivity contribution < 1.29 is 5.11 Å². The monoisotopic (exact) mass is 336 g/mol. The van der Waals surface area contributed by atoms with Crippen molar-refractivity contribution in [3.63, 3.8) is 0 Å². The summed E-state index contributed by atoms with van der Waals surface area (Å²) in [7, 11) is 0. The fourth-order valence-electron chi connectivity index (χ4n) is 3.15. The summed E-state index contributed by atoms with van der Waals surface area (Å²) >= 11 is 3.61. The molecule has 0 bridgehead atoms. The molecule has 2 heteroatoms. The van der Waals surface area contributed by atoms with Gasteiger partial charge in [0.05, 0.1) is 0 Å². The van der Waals surface area contributed by atoms with Crippen LogP contribution in [0.3, 0.4) is 0 Å². The van der Waals surface area contributed by atoms with Gasteiger partial charge in [0.15, 0.2) is 0 Å². The average Bonchev–Trinajstić information content (AvgIpc) is 2.82. The second kappa shape index (κ2) is 4.83. The third-order valence-electron chi connectivity index (χ3n) is 4.09. The largest absolute Gasteiger partial charge is 0.384 e. The number of benzene rings is 3. The summed E-state index contributed by atoms with van der Waals surface area (Å²) in [6.45, 7) is 0. The summed E-state index contributed by atoms with van der Waals surface area (Å²) in [4.78, 5) is 0. The van der Waals surface area contributed by atoms with Crippen molar-refractivity contribution in [2.45, 2.75) is 6.10 Å². The molecule has 0 aromatic heterocycles. The Hall–Kier alpha value is -1.90. The first-order chi connectivity index (χ1) is 10.3. The Morgan fingerprint density at radius 2 is 1.24 bits per heavy atom. The average molecular weight is 337 g/mol. The van der Waals surface area contributed by atoms with E-state index in [-0.39, 0.29) is 0 Å². The Morgan fingerprint density at radius 3 is 2.00 bits per heavy atom. The van der Waals surface area contributed by atoms with E-state index in [0.29, 0.717) is 0 Å². The molecule has 0 heterocycles. The van der Waals surface area contributed by atoms with E-state index >= 15 is 0 Å². The number of hydrogen-bond acceptors (Lipinski definition) is 1. The van der Waals surface area contributed by atoms with E-state index in [4.69, 9.17) is 0 Å². The Bertz CT molecular complexity index is 838. The summed E-state index contributed by atoms with van der Waals surface area (Å²) in [5.41, 5.74) is 6.46. The number of aliphatic hydroxyl groups excluding tert-OH is 1. The molecule has 1 aliphatic rings. The molecular formula is C19H13BrO. The van der Waals surface area contributed by atoms with Gasteiger partial charge in [-0.05, 0) is 33.9 Å². The van der Waals surface area contributed by atoms with E-state index in [9.17, 15) is 5.11 Å². The van der Waals surface area contributed by atoms with Gasteiger partial charge >= 0.3 is 0 Å². The maximum atomic E-state index is 10.8. The molecule has 21 heavy (non-hydrogen) atoms. The molecule has 1 unspecified atom stereocenters. The van der Waals surface area contributed by atoms with Crippen molar-refractivity contribution in [1.82, 2.24) is 0 Å². The van der Waals surface area contributed by atoms with Gasteiger partial charge in [-0.1, -0.05) is 76.6 Å². The van der Waals surface area contributed by atoms with Crippen molar-refractivity contribution in [3.8, 4) is 22.3 Å². The van der Waals surface area contributed by atoms with E-state index in [1.54, 1.807) is 0 Å². The van der Waals surface area contributed by atoms with E-state index in [1.807, 2.05) is 36.4 Å². The summed E-state index contributed by atoms with van der Waals surface area (Å²) in [6.07, 6.45) is -0.556. The highest BCUT2D eigenvalue weighted by atomic mass is 79.9. The second-order valence-corrected chi connectivity index (χ2v) is 6.09. The van der Waals surface area contributed by atoms with Gasteiger partial charge in [-0.15, -0.1) is 0 Å². The number of rotatable bonds is 1. The minimum absolute atomic E-state index is 0.556. The maximum Gasteiger partial charge on any atom is 0.106 e. The van der Waals surface area contributed by atoms with Crippen LogP contribution in [-0.2, 0) is 0 Å². The van der Waals surface area contributed by atoms with Crippen LogP contribution in [0.25, 0.3) is 22.3 Å². The Labute approximate surface area is 132 Å². The van der Waals surface area contributed by atoms with Gasteiger partial charge in [0.1, 0.15) is 6.10 Å². The van der Waals surface area contributed by atoms with E-state index in [0.717, 1.165) is 37.9 Å². The molecule has 1 nitrogen and oxygen atoms in total. The molecule has 102 valence electrons. The molecule has 3 aromatic carbocycles. The number of fused-ring (bicyclic) bond motifs is 3. The maximum absolute atomic E-state index is 10.8. The van der Waals surface area contributed by atoms with Gasteiger partial charge in [0, 0.05) is 10.0 Å². The summed E-state index contributed by atoms with van der Waals surface area (Å²) in [5, 5.41) is 10.8. The number of halogens is 1. The third-order valence-corrected chi connectivity index (χ3v) is 4.78. The van der Waals surface area contributed by atoms with E-state index in [2.05, 4.69) is 46.3 Å². The second-order valence-electron chi connectivity index (χ2n) is 5.24. The molecule has 0 radical (unpaired) electrons. The molecule has 1 aliphatic carbocycles. The van der Waals surface area contributed by atoms with Crippen LogP contribution in [0.15, 0.2) is 71.2 Å². The van der Waals surface area contributed by atoms with Crippen LogP contribution in [-0.4, -0.2) is 5.11 Å². The lowest BCUT2D eigenvalue weighted by Crippen LogP contribution is -1.97. The van der Waals surface area contributed by atoms with E-state index in [1.165, 1.54) is 0 Å². The van der Waals surface area contributed by atoms with E-state index < -0.39 is 6.10 Å². The van der Waals surface area contributed by atoms with Gasteiger partial charge in [-0.25, -0.2) is 0 Å². The Morgan fingerprint density at radius 1 is 0.667 bits per heavy atom. The molecule has 1 atom stereocenters.